The Balaban J connectivity index is 0.00000760. The van der Waals surface area contributed by atoms with Gasteiger partial charge in [-0.05, 0) is 13.3 Å². The van der Waals surface area contributed by atoms with E-state index in [0.29, 0.717) is 24.1 Å². The highest BCUT2D eigenvalue weighted by Crippen LogP contribution is 2.33. The van der Waals surface area contributed by atoms with Gasteiger partial charge in [-0.15, -0.1) is 0 Å². The molecule has 226 valence electrons. The largest absolute Gasteiger partial charge is 1.00 e. The molecular formula is C32H57ClN2O4. The lowest BCUT2D eigenvalue weighted by molar-refractivity contribution is -0.903. The molecule has 39 heavy (non-hydrogen) atoms. The molecule has 2 heterocycles. The zero-order valence-electron chi connectivity index (χ0n) is 25.7. The number of carbonyl (C=O) groups is 1. The van der Waals surface area contributed by atoms with Crippen LogP contribution in [0.3, 0.4) is 0 Å². The normalized spacial score (nSPS) is 14.8. The van der Waals surface area contributed by atoms with E-state index >= 15 is 0 Å². The predicted octanol–water partition coefficient (Wildman–Crippen LogP) is 5.03. The third-order valence-corrected chi connectivity index (χ3v) is 7.63. The number of unbranched alkanes of at least 4 members (excludes halogenated alkanes) is 12. The van der Waals surface area contributed by atoms with Crippen LogP contribution in [0.4, 0.5) is 0 Å². The Morgan fingerprint density at radius 1 is 0.949 bits per heavy atom. The van der Waals surface area contributed by atoms with Gasteiger partial charge in [-0.2, -0.15) is 0 Å². The number of hydrogen-bond acceptors (Lipinski definition) is 5. The zero-order chi connectivity index (χ0) is 27.6. The molecule has 1 unspecified atom stereocenters. The van der Waals surface area contributed by atoms with E-state index in [4.69, 9.17) is 14.2 Å². The van der Waals surface area contributed by atoms with Crippen molar-refractivity contribution in [2.24, 2.45) is 0 Å². The van der Waals surface area contributed by atoms with Crippen LogP contribution in [0.15, 0.2) is 6.20 Å². The molecule has 1 aromatic rings. The van der Waals surface area contributed by atoms with Crippen LogP contribution in [-0.4, -0.2) is 49.0 Å². The third kappa shape index (κ3) is 14.7. The van der Waals surface area contributed by atoms with Gasteiger partial charge in [0.15, 0.2) is 6.29 Å². The molecule has 0 amide bonds. The van der Waals surface area contributed by atoms with E-state index in [1.165, 1.54) is 70.6 Å². The van der Waals surface area contributed by atoms with Crippen LogP contribution in [0.2, 0.25) is 0 Å². The number of aromatic nitrogens is 1. The van der Waals surface area contributed by atoms with Crippen LogP contribution in [0.25, 0.3) is 0 Å². The second-order valence-electron chi connectivity index (χ2n) is 11.9. The molecule has 0 saturated carbocycles. The molecule has 2 rings (SSSR count). The summed E-state index contributed by atoms with van der Waals surface area (Å²) >= 11 is 0. The number of esters is 1. The maximum atomic E-state index is 12.2. The summed E-state index contributed by atoms with van der Waals surface area (Å²) in [5.41, 5.74) is 3.17. The highest BCUT2D eigenvalue weighted by molar-refractivity contribution is 5.69. The molecule has 1 atom stereocenters. The zero-order valence-corrected chi connectivity index (χ0v) is 26.5. The standard InChI is InChI=1S/C32H57N2O4.ClH/c1-6-8-9-10-11-12-13-14-15-16-17-18-19-21-30(35)36-23-22-34(4,5)25-28-24-33-27(3)32-29(28)26-37-31(38-32)20-7-2;/h24,31H,6-23,25-26H2,1-5H3;1H/q+1;/p-1. The average Bonchev–Trinajstić information content (AvgIpc) is 2.88. The number of likely N-dealkylation sites (N-methyl/N-ethyl adjacent to an activating group) is 1. The molecule has 0 aliphatic carbocycles. The van der Waals surface area contributed by atoms with Crippen molar-refractivity contribution in [3.63, 3.8) is 0 Å². The lowest BCUT2D eigenvalue weighted by atomic mass is 10.0. The van der Waals surface area contributed by atoms with Crippen molar-refractivity contribution in [3.05, 3.63) is 23.0 Å². The molecule has 0 radical (unpaired) electrons. The van der Waals surface area contributed by atoms with Gasteiger partial charge in [0.05, 0.1) is 26.4 Å². The number of fused-ring (bicyclic) bond motifs is 1. The first-order valence-corrected chi connectivity index (χ1v) is 15.6. The summed E-state index contributed by atoms with van der Waals surface area (Å²) in [6, 6.07) is 0. The Labute approximate surface area is 245 Å². The Morgan fingerprint density at radius 3 is 2.13 bits per heavy atom. The Bertz CT molecular complexity index is 803. The summed E-state index contributed by atoms with van der Waals surface area (Å²) in [7, 11) is 4.33. The van der Waals surface area contributed by atoms with Gasteiger partial charge in [-0.25, -0.2) is 0 Å². The minimum atomic E-state index is -0.180. The van der Waals surface area contributed by atoms with Crippen LogP contribution in [-0.2, 0) is 27.4 Å². The Hall–Kier alpha value is -1.37. The molecule has 1 aromatic heterocycles. The summed E-state index contributed by atoms with van der Waals surface area (Å²) in [4.78, 5) is 16.8. The number of nitrogens with zero attached hydrogens (tertiary/aromatic N) is 2. The molecule has 0 N–H and O–H groups in total. The van der Waals surface area contributed by atoms with Crippen LogP contribution in [0, 0.1) is 6.92 Å². The fourth-order valence-electron chi connectivity index (χ4n) is 5.15. The first kappa shape index (κ1) is 35.7. The fourth-order valence-corrected chi connectivity index (χ4v) is 5.15. The van der Waals surface area contributed by atoms with Gasteiger partial charge < -0.3 is 31.1 Å². The highest BCUT2D eigenvalue weighted by atomic mass is 35.5. The van der Waals surface area contributed by atoms with Gasteiger partial charge in [0, 0.05) is 30.2 Å². The van der Waals surface area contributed by atoms with E-state index in [1.807, 2.05) is 13.1 Å². The minimum Gasteiger partial charge on any atom is -1.00 e. The van der Waals surface area contributed by atoms with E-state index in [9.17, 15) is 4.79 Å². The summed E-state index contributed by atoms with van der Waals surface area (Å²) < 4.78 is 18.3. The summed E-state index contributed by atoms with van der Waals surface area (Å²) in [6.45, 7) is 8.95. The maximum absolute atomic E-state index is 12.2. The van der Waals surface area contributed by atoms with Gasteiger partial charge in [0.25, 0.3) is 0 Å². The predicted molar refractivity (Wildman–Crippen MR) is 155 cm³/mol. The highest BCUT2D eigenvalue weighted by Gasteiger charge is 2.27. The average molecular weight is 569 g/mol. The molecule has 0 saturated heterocycles. The molecular weight excluding hydrogens is 512 g/mol. The van der Waals surface area contributed by atoms with Crippen molar-refractivity contribution in [2.45, 2.75) is 143 Å². The van der Waals surface area contributed by atoms with Crippen molar-refractivity contribution in [1.82, 2.24) is 4.98 Å². The van der Waals surface area contributed by atoms with Gasteiger partial charge >= 0.3 is 5.97 Å². The fraction of sp³-hybridized carbons (Fsp3) is 0.812. The Morgan fingerprint density at radius 2 is 1.54 bits per heavy atom. The SMILES string of the molecule is CCCCCCCCCCCCCCCC(=O)OCC[N+](C)(C)Cc1cnc(C)c2c1COC(CCC)O2.[Cl-]. The van der Waals surface area contributed by atoms with Crippen molar-refractivity contribution in [1.29, 1.82) is 0 Å². The van der Waals surface area contributed by atoms with Crippen molar-refractivity contribution < 1.29 is 35.9 Å². The second-order valence-corrected chi connectivity index (χ2v) is 11.9. The lowest BCUT2D eigenvalue weighted by Crippen LogP contribution is -3.00. The second kappa shape index (κ2) is 20.5. The number of quaternary nitrogens is 1. The van der Waals surface area contributed by atoms with Crippen LogP contribution in [0.5, 0.6) is 5.75 Å². The molecule has 7 heteroatoms. The van der Waals surface area contributed by atoms with Gasteiger partial charge in [-0.3, -0.25) is 9.78 Å². The first-order valence-electron chi connectivity index (χ1n) is 15.6. The van der Waals surface area contributed by atoms with Gasteiger partial charge in [-0.1, -0.05) is 97.3 Å². The van der Waals surface area contributed by atoms with E-state index in [1.54, 1.807) is 0 Å². The number of rotatable bonds is 21. The molecule has 0 spiro atoms. The van der Waals surface area contributed by atoms with E-state index < -0.39 is 0 Å². The number of aryl methyl sites for hydroxylation is 1. The number of hydrogen-bond donors (Lipinski definition) is 0. The number of pyridine rings is 1. The van der Waals surface area contributed by atoms with Crippen molar-refractivity contribution in [2.75, 3.05) is 27.2 Å². The molecule has 6 nitrogen and oxygen atoms in total. The molecule has 0 bridgehead atoms. The minimum absolute atomic E-state index is 0. The number of ether oxygens (including phenoxy) is 3. The van der Waals surface area contributed by atoms with Crippen LogP contribution in [0.1, 0.15) is 133 Å². The topological polar surface area (TPSA) is 57.7 Å². The van der Waals surface area contributed by atoms with Crippen molar-refractivity contribution >= 4 is 5.97 Å². The summed E-state index contributed by atoms with van der Waals surface area (Å²) in [5, 5.41) is 0. The number of carbonyl (C=O) groups excluding carboxylic acids is 1. The monoisotopic (exact) mass is 568 g/mol. The smallest absolute Gasteiger partial charge is 0.305 e. The first-order chi connectivity index (χ1) is 18.4. The van der Waals surface area contributed by atoms with Crippen molar-refractivity contribution in [3.8, 4) is 5.75 Å². The van der Waals surface area contributed by atoms with E-state index in [0.717, 1.165) is 61.3 Å². The molecule has 1 aliphatic rings. The molecule has 1 aliphatic heterocycles. The summed E-state index contributed by atoms with van der Waals surface area (Å²) in [6.07, 6.45) is 21.2. The lowest BCUT2D eigenvalue weighted by Gasteiger charge is -2.33. The quantitative estimate of drug-likeness (QED) is 0.118. The summed E-state index contributed by atoms with van der Waals surface area (Å²) in [5.74, 6) is 0.822. The van der Waals surface area contributed by atoms with Gasteiger partial charge in [0.1, 0.15) is 25.4 Å². The maximum Gasteiger partial charge on any atom is 0.305 e. The van der Waals surface area contributed by atoms with E-state index in [-0.39, 0.29) is 24.7 Å². The Kier molecular flexibility index (Phi) is 18.7. The van der Waals surface area contributed by atoms with Crippen LogP contribution >= 0.6 is 0 Å². The van der Waals surface area contributed by atoms with Gasteiger partial charge in [0.2, 0.25) is 0 Å². The molecule has 0 fully saturated rings. The van der Waals surface area contributed by atoms with E-state index in [2.05, 4.69) is 32.9 Å². The third-order valence-electron chi connectivity index (χ3n) is 7.63. The molecule has 0 aromatic carbocycles. The van der Waals surface area contributed by atoms with Crippen LogP contribution < -0.4 is 17.1 Å². The number of halogens is 1.